The summed E-state index contributed by atoms with van der Waals surface area (Å²) in [7, 11) is 1.86. The number of amides is 2. The van der Waals surface area contributed by atoms with Crippen LogP contribution < -0.4 is 10.6 Å². The molecule has 114 valence electrons. The number of aryl methyl sites for hydroxylation is 1. The van der Waals surface area contributed by atoms with Gasteiger partial charge < -0.3 is 15.7 Å². The van der Waals surface area contributed by atoms with Gasteiger partial charge in [0.05, 0.1) is 12.7 Å². The quantitative estimate of drug-likeness (QED) is 0.751. The van der Waals surface area contributed by atoms with Gasteiger partial charge in [-0.2, -0.15) is 5.10 Å². The number of hydrogen-bond donors (Lipinski definition) is 3. The third-order valence-corrected chi connectivity index (χ3v) is 4.23. The van der Waals surface area contributed by atoms with Crippen LogP contribution in [0.3, 0.4) is 0 Å². The van der Waals surface area contributed by atoms with E-state index in [4.69, 9.17) is 0 Å². The first-order valence-electron chi connectivity index (χ1n) is 6.73. The van der Waals surface area contributed by atoms with Gasteiger partial charge in [0.25, 0.3) is 0 Å². The molecule has 2 amide bonds. The van der Waals surface area contributed by atoms with Crippen molar-refractivity contribution in [1.82, 2.24) is 20.4 Å². The molecular formula is C14H20N4O2S. The largest absolute Gasteiger partial charge is 0.383 e. The monoisotopic (exact) mass is 308 g/mol. The molecule has 7 heteroatoms. The smallest absolute Gasteiger partial charge is 0.314 e. The Bertz CT molecular complexity index is 578. The Balaban J connectivity index is 1.70. The van der Waals surface area contributed by atoms with Crippen LogP contribution in [-0.2, 0) is 19.1 Å². The maximum atomic E-state index is 11.7. The van der Waals surface area contributed by atoms with Crippen LogP contribution in [0.4, 0.5) is 4.79 Å². The number of aromatic nitrogens is 2. The molecular weight excluding hydrogens is 288 g/mol. The topological polar surface area (TPSA) is 79.2 Å². The Kier molecular flexibility index (Phi) is 4.98. The molecule has 1 atom stereocenters. The molecule has 21 heavy (non-hydrogen) atoms. The molecule has 1 unspecified atom stereocenters. The molecule has 0 radical (unpaired) electrons. The van der Waals surface area contributed by atoms with Crippen molar-refractivity contribution >= 4 is 17.4 Å². The molecule has 6 nitrogen and oxygen atoms in total. The van der Waals surface area contributed by atoms with Crippen molar-refractivity contribution in [2.24, 2.45) is 7.05 Å². The molecule has 2 heterocycles. The first kappa shape index (κ1) is 15.5. The minimum absolute atomic E-state index is 0.173. The Morgan fingerprint density at radius 2 is 2.33 bits per heavy atom. The Hall–Kier alpha value is -1.86. The zero-order valence-electron chi connectivity index (χ0n) is 12.2. The van der Waals surface area contributed by atoms with Crippen LogP contribution in [0, 0.1) is 0 Å². The standard InChI is InChI=1S/C14H20N4O2S/c1-14(20,12-4-3-7-21-12)10-16-13(19)15-6-5-11-8-17-18(2)9-11/h3-4,7-9,20H,5-6,10H2,1-2H3,(H2,15,16,19). The predicted molar refractivity (Wildman–Crippen MR) is 82.2 cm³/mol. The van der Waals surface area contributed by atoms with Crippen molar-refractivity contribution in [1.29, 1.82) is 0 Å². The number of nitrogens with one attached hydrogen (secondary N) is 2. The highest BCUT2D eigenvalue weighted by Gasteiger charge is 2.24. The molecule has 0 fully saturated rings. The number of carbonyl (C=O) groups is 1. The summed E-state index contributed by atoms with van der Waals surface area (Å²) in [5.74, 6) is 0. The maximum Gasteiger partial charge on any atom is 0.314 e. The van der Waals surface area contributed by atoms with Gasteiger partial charge in [0.2, 0.25) is 0 Å². The second-order valence-corrected chi connectivity index (χ2v) is 6.08. The molecule has 0 aromatic carbocycles. The van der Waals surface area contributed by atoms with Gasteiger partial charge >= 0.3 is 6.03 Å². The van der Waals surface area contributed by atoms with Crippen LogP contribution in [0.2, 0.25) is 0 Å². The normalized spacial score (nSPS) is 13.7. The fourth-order valence-corrected chi connectivity index (χ4v) is 2.70. The first-order valence-corrected chi connectivity index (χ1v) is 7.61. The first-order chi connectivity index (χ1) is 9.97. The third kappa shape index (κ3) is 4.57. The molecule has 2 aromatic heterocycles. The van der Waals surface area contributed by atoms with Crippen molar-refractivity contribution in [2.75, 3.05) is 13.1 Å². The van der Waals surface area contributed by atoms with E-state index in [1.165, 1.54) is 11.3 Å². The van der Waals surface area contributed by atoms with Crippen LogP contribution >= 0.6 is 11.3 Å². The zero-order valence-corrected chi connectivity index (χ0v) is 13.0. The van der Waals surface area contributed by atoms with Crippen LogP contribution in [0.1, 0.15) is 17.4 Å². The molecule has 0 bridgehead atoms. The van der Waals surface area contributed by atoms with Gasteiger partial charge in [-0.15, -0.1) is 11.3 Å². The lowest BCUT2D eigenvalue weighted by Gasteiger charge is -2.22. The number of thiophene rings is 1. The predicted octanol–water partition coefficient (Wildman–Crippen LogP) is 1.23. The molecule has 0 spiro atoms. The van der Waals surface area contributed by atoms with Crippen LogP contribution in [0.25, 0.3) is 0 Å². The Labute approximate surface area is 127 Å². The van der Waals surface area contributed by atoms with Crippen molar-refractivity contribution in [3.63, 3.8) is 0 Å². The molecule has 0 aliphatic rings. The van der Waals surface area contributed by atoms with Gasteiger partial charge in [0.1, 0.15) is 5.60 Å². The number of hydrogen-bond acceptors (Lipinski definition) is 4. The third-order valence-electron chi connectivity index (χ3n) is 3.10. The van der Waals surface area contributed by atoms with Crippen molar-refractivity contribution in [2.45, 2.75) is 18.9 Å². The highest BCUT2D eigenvalue weighted by molar-refractivity contribution is 7.10. The van der Waals surface area contributed by atoms with Gasteiger partial charge in [0, 0.05) is 24.7 Å². The van der Waals surface area contributed by atoms with E-state index in [2.05, 4.69) is 15.7 Å². The summed E-state index contributed by atoms with van der Waals surface area (Å²) >= 11 is 1.47. The van der Waals surface area contributed by atoms with E-state index in [9.17, 15) is 9.90 Å². The summed E-state index contributed by atoms with van der Waals surface area (Å²) in [5, 5.41) is 21.7. The van der Waals surface area contributed by atoms with Gasteiger partial charge in [-0.1, -0.05) is 6.07 Å². The van der Waals surface area contributed by atoms with Gasteiger partial charge in [-0.05, 0) is 30.4 Å². The van der Waals surface area contributed by atoms with Crippen LogP contribution in [0.15, 0.2) is 29.9 Å². The summed E-state index contributed by atoms with van der Waals surface area (Å²) in [5.41, 5.74) is 0.0258. The number of urea groups is 1. The van der Waals surface area contributed by atoms with Gasteiger partial charge in [-0.25, -0.2) is 4.79 Å². The fourth-order valence-electron chi connectivity index (χ4n) is 1.91. The fraction of sp³-hybridized carbons (Fsp3) is 0.429. The highest BCUT2D eigenvalue weighted by Crippen LogP contribution is 2.24. The summed E-state index contributed by atoms with van der Waals surface area (Å²) in [6.07, 6.45) is 4.42. The van der Waals surface area contributed by atoms with Crippen molar-refractivity contribution in [3.8, 4) is 0 Å². The molecule has 2 aromatic rings. The Morgan fingerprint density at radius 1 is 1.52 bits per heavy atom. The van der Waals surface area contributed by atoms with E-state index >= 15 is 0 Å². The van der Waals surface area contributed by atoms with Crippen LogP contribution in [-0.4, -0.2) is 34.0 Å². The number of rotatable bonds is 6. The second kappa shape index (κ2) is 6.73. The lowest BCUT2D eigenvalue weighted by molar-refractivity contribution is 0.0631. The molecule has 0 aliphatic carbocycles. The van der Waals surface area contributed by atoms with Crippen molar-refractivity contribution < 1.29 is 9.90 Å². The average molecular weight is 308 g/mol. The molecule has 0 saturated heterocycles. The SMILES string of the molecule is Cn1cc(CCNC(=O)NCC(C)(O)c2cccs2)cn1. The number of aliphatic hydroxyl groups is 1. The molecule has 2 rings (SSSR count). The van der Waals surface area contributed by atoms with E-state index < -0.39 is 5.60 Å². The van der Waals surface area contributed by atoms with E-state index in [-0.39, 0.29) is 12.6 Å². The van der Waals surface area contributed by atoms with Gasteiger partial charge in [0.15, 0.2) is 0 Å². The maximum absolute atomic E-state index is 11.7. The highest BCUT2D eigenvalue weighted by atomic mass is 32.1. The van der Waals surface area contributed by atoms with E-state index in [1.54, 1.807) is 17.8 Å². The number of nitrogens with zero attached hydrogens (tertiary/aromatic N) is 2. The minimum atomic E-state index is -1.05. The molecule has 3 N–H and O–H groups in total. The molecule has 0 saturated carbocycles. The average Bonchev–Trinajstić information content (AvgIpc) is 3.08. The molecule has 0 aliphatic heterocycles. The van der Waals surface area contributed by atoms with Crippen LogP contribution in [0.5, 0.6) is 0 Å². The van der Waals surface area contributed by atoms with E-state index in [0.29, 0.717) is 6.54 Å². The minimum Gasteiger partial charge on any atom is -0.383 e. The van der Waals surface area contributed by atoms with E-state index in [1.807, 2.05) is 30.8 Å². The summed E-state index contributed by atoms with van der Waals surface area (Å²) in [4.78, 5) is 12.5. The second-order valence-electron chi connectivity index (χ2n) is 5.13. The van der Waals surface area contributed by atoms with Gasteiger partial charge in [-0.3, -0.25) is 4.68 Å². The summed E-state index contributed by atoms with van der Waals surface area (Å²) in [6.45, 7) is 2.39. The summed E-state index contributed by atoms with van der Waals surface area (Å²) in [6, 6.07) is 3.45. The lowest BCUT2D eigenvalue weighted by Crippen LogP contribution is -2.43. The lowest BCUT2D eigenvalue weighted by atomic mass is 10.1. The Morgan fingerprint density at radius 3 is 2.95 bits per heavy atom. The zero-order chi connectivity index (χ0) is 15.3. The van der Waals surface area contributed by atoms with Crippen molar-refractivity contribution in [3.05, 3.63) is 40.3 Å². The summed E-state index contributed by atoms with van der Waals surface area (Å²) < 4.78 is 1.73. The van der Waals surface area contributed by atoms with E-state index in [0.717, 1.165) is 16.9 Å². The number of carbonyl (C=O) groups excluding carboxylic acids is 1.